The number of hydrogen-bond donors (Lipinski definition) is 2. The van der Waals surface area contributed by atoms with E-state index in [4.69, 9.17) is 10.4 Å². The van der Waals surface area contributed by atoms with E-state index in [-0.39, 0.29) is 18.4 Å². The highest BCUT2D eigenvalue weighted by molar-refractivity contribution is 5.96. The maximum atomic E-state index is 11.8. The van der Waals surface area contributed by atoms with Crippen molar-refractivity contribution in [2.45, 2.75) is 19.9 Å². The number of nitriles is 1. The topological polar surface area (TPSA) is 78.0 Å². The van der Waals surface area contributed by atoms with Gasteiger partial charge >= 0.3 is 0 Å². The molecule has 0 fully saturated rings. The van der Waals surface area contributed by atoms with Crippen LogP contribution in [-0.4, -0.2) is 28.7 Å². The van der Waals surface area contributed by atoms with Gasteiger partial charge in [-0.05, 0) is 18.1 Å². The summed E-state index contributed by atoms with van der Waals surface area (Å²) in [5.41, 5.74) is 2.00. The van der Waals surface area contributed by atoms with Crippen LogP contribution in [0.3, 0.4) is 0 Å². The molecule has 0 aliphatic rings. The number of aromatic nitrogens is 1. The van der Waals surface area contributed by atoms with Gasteiger partial charge in [-0.15, -0.1) is 0 Å². The van der Waals surface area contributed by atoms with Crippen LogP contribution >= 0.6 is 0 Å². The standard InChI is InChI=1S/C18H21N3O2/c1-14(13-22)11-20-18(23)8-7-15-12-21(10-4-9-19)17-6-3-2-5-16(15)17/h2-3,5-8,12,14,22H,4,10-11,13H2,1H3,(H,20,23)/b8-7+. The molecule has 1 aromatic carbocycles. The lowest BCUT2D eigenvalue weighted by Gasteiger charge is -2.07. The maximum Gasteiger partial charge on any atom is 0.244 e. The number of rotatable bonds is 7. The third-order valence-corrected chi connectivity index (χ3v) is 3.63. The molecule has 1 unspecified atom stereocenters. The Morgan fingerprint density at radius 1 is 1.48 bits per heavy atom. The summed E-state index contributed by atoms with van der Waals surface area (Å²) in [4.78, 5) is 11.8. The first-order chi connectivity index (χ1) is 11.2. The number of fused-ring (bicyclic) bond motifs is 1. The van der Waals surface area contributed by atoms with Gasteiger partial charge in [0.25, 0.3) is 0 Å². The fourth-order valence-electron chi connectivity index (χ4n) is 2.33. The van der Waals surface area contributed by atoms with E-state index >= 15 is 0 Å². The first kappa shape index (κ1) is 16.8. The van der Waals surface area contributed by atoms with Crippen molar-refractivity contribution in [3.05, 3.63) is 42.1 Å². The van der Waals surface area contributed by atoms with Crippen molar-refractivity contribution in [1.82, 2.24) is 9.88 Å². The minimum Gasteiger partial charge on any atom is -0.396 e. The van der Waals surface area contributed by atoms with Gasteiger partial charge in [-0.3, -0.25) is 4.79 Å². The molecule has 0 aliphatic heterocycles. The van der Waals surface area contributed by atoms with Crippen LogP contribution in [0, 0.1) is 17.2 Å². The van der Waals surface area contributed by atoms with Gasteiger partial charge < -0.3 is 15.0 Å². The fraction of sp³-hybridized carbons (Fsp3) is 0.333. The van der Waals surface area contributed by atoms with E-state index in [2.05, 4.69) is 11.4 Å². The number of aliphatic hydroxyl groups excluding tert-OH is 1. The van der Waals surface area contributed by atoms with E-state index in [1.54, 1.807) is 6.08 Å². The van der Waals surface area contributed by atoms with Crippen LogP contribution in [-0.2, 0) is 11.3 Å². The van der Waals surface area contributed by atoms with Gasteiger partial charge in [0.15, 0.2) is 0 Å². The van der Waals surface area contributed by atoms with Gasteiger partial charge in [0, 0.05) is 48.4 Å². The minimum atomic E-state index is -0.181. The molecule has 1 amide bonds. The largest absolute Gasteiger partial charge is 0.396 e. The average Bonchev–Trinajstić information content (AvgIpc) is 2.94. The zero-order valence-corrected chi connectivity index (χ0v) is 13.2. The van der Waals surface area contributed by atoms with Crippen LogP contribution in [0.4, 0.5) is 0 Å². The number of para-hydroxylation sites is 1. The monoisotopic (exact) mass is 311 g/mol. The Morgan fingerprint density at radius 3 is 3.00 bits per heavy atom. The molecular weight excluding hydrogens is 290 g/mol. The number of aliphatic hydroxyl groups is 1. The third kappa shape index (κ3) is 4.44. The number of aryl methyl sites for hydroxylation is 1. The molecule has 0 radical (unpaired) electrons. The molecule has 0 saturated carbocycles. The lowest BCUT2D eigenvalue weighted by molar-refractivity contribution is -0.116. The molecule has 5 heteroatoms. The van der Waals surface area contributed by atoms with E-state index < -0.39 is 0 Å². The van der Waals surface area contributed by atoms with Gasteiger partial charge in [0.2, 0.25) is 5.91 Å². The quantitative estimate of drug-likeness (QED) is 0.770. The summed E-state index contributed by atoms with van der Waals surface area (Å²) in [6.07, 6.45) is 5.69. The summed E-state index contributed by atoms with van der Waals surface area (Å²) < 4.78 is 2.03. The Bertz CT molecular complexity index is 740. The van der Waals surface area contributed by atoms with E-state index in [0.29, 0.717) is 19.5 Å². The Hall–Kier alpha value is -2.58. The third-order valence-electron chi connectivity index (χ3n) is 3.63. The van der Waals surface area contributed by atoms with Crippen LogP contribution in [0.2, 0.25) is 0 Å². The van der Waals surface area contributed by atoms with E-state index in [1.807, 2.05) is 42.0 Å². The molecule has 1 aromatic heterocycles. The second-order valence-electron chi connectivity index (χ2n) is 5.57. The molecule has 1 heterocycles. The SMILES string of the molecule is CC(CO)CNC(=O)/C=C/c1cn(CCC#N)c2ccccc12. The molecule has 5 nitrogen and oxygen atoms in total. The maximum absolute atomic E-state index is 11.8. The molecule has 0 saturated heterocycles. The van der Waals surface area contributed by atoms with Crippen molar-refractivity contribution in [1.29, 1.82) is 5.26 Å². The summed E-state index contributed by atoms with van der Waals surface area (Å²) in [5, 5.41) is 21.5. The average molecular weight is 311 g/mol. The summed E-state index contributed by atoms with van der Waals surface area (Å²) in [7, 11) is 0. The van der Waals surface area contributed by atoms with E-state index in [1.165, 1.54) is 6.08 Å². The van der Waals surface area contributed by atoms with Crippen molar-refractivity contribution in [2.24, 2.45) is 5.92 Å². The highest BCUT2D eigenvalue weighted by Crippen LogP contribution is 2.22. The summed E-state index contributed by atoms with van der Waals surface area (Å²) in [5.74, 6) is -0.139. The molecule has 2 aromatic rings. The molecule has 0 bridgehead atoms. The van der Waals surface area contributed by atoms with E-state index in [9.17, 15) is 4.79 Å². The Morgan fingerprint density at radius 2 is 2.26 bits per heavy atom. The Labute approximate surface area is 135 Å². The molecule has 2 N–H and O–H groups in total. The fourth-order valence-corrected chi connectivity index (χ4v) is 2.33. The molecule has 0 spiro atoms. The van der Waals surface area contributed by atoms with Crippen molar-refractivity contribution in [3.63, 3.8) is 0 Å². The number of hydrogen-bond acceptors (Lipinski definition) is 3. The van der Waals surface area contributed by atoms with Crippen LogP contribution in [0.25, 0.3) is 17.0 Å². The number of benzene rings is 1. The molecule has 23 heavy (non-hydrogen) atoms. The summed E-state index contributed by atoms with van der Waals surface area (Å²) in [6.45, 7) is 3.00. The highest BCUT2D eigenvalue weighted by atomic mass is 16.3. The molecular formula is C18H21N3O2. The summed E-state index contributed by atoms with van der Waals surface area (Å²) >= 11 is 0. The smallest absolute Gasteiger partial charge is 0.244 e. The van der Waals surface area contributed by atoms with E-state index in [0.717, 1.165) is 16.5 Å². The number of nitrogens with one attached hydrogen (secondary N) is 1. The second kappa shape index (κ2) is 8.16. The van der Waals surface area contributed by atoms with Crippen LogP contribution in [0.5, 0.6) is 0 Å². The van der Waals surface area contributed by atoms with Crippen molar-refractivity contribution < 1.29 is 9.90 Å². The first-order valence-corrected chi connectivity index (χ1v) is 7.67. The van der Waals surface area contributed by atoms with Gasteiger partial charge in [0.1, 0.15) is 0 Å². The predicted molar refractivity (Wildman–Crippen MR) is 90.5 cm³/mol. The first-order valence-electron chi connectivity index (χ1n) is 7.67. The van der Waals surface area contributed by atoms with Crippen LogP contribution in [0.1, 0.15) is 18.9 Å². The molecule has 1 atom stereocenters. The minimum absolute atomic E-state index is 0.0419. The zero-order chi connectivity index (χ0) is 16.7. The van der Waals surface area contributed by atoms with Gasteiger partial charge in [-0.2, -0.15) is 5.26 Å². The van der Waals surface area contributed by atoms with Crippen molar-refractivity contribution in [2.75, 3.05) is 13.2 Å². The van der Waals surface area contributed by atoms with Gasteiger partial charge in [-0.25, -0.2) is 0 Å². The summed E-state index contributed by atoms with van der Waals surface area (Å²) in [6, 6.07) is 10.1. The number of carbonyl (C=O) groups excluding carboxylic acids is 1. The predicted octanol–water partition coefficient (Wildman–Crippen LogP) is 2.31. The van der Waals surface area contributed by atoms with Crippen LogP contribution in [0.15, 0.2) is 36.5 Å². The Balaban J connectivity index is 2.15. The second-order valence-corrected chi connectivity index (χ2v) is 5.57. The number of amides is 1. The van der Waals surface area contributed by atoms with Crippen molar-refractivity contribution in [3.8, 4) is 6.07 Å². The van der Waals surface area contributed by atoms with Crippen LogP contribution < -0.4 is 5.32 Å². The number of carbonyl (C=O) groups is 1. The van der Waals surface area contributed by atoms with Gasteiger partial charge in [0.05, 0.1) is 12.5 Å². The molecule has 2 rings (SSSR count). The lowest BCUT2D eigenvalue weighted by Crippen LogP contribution is -2.27. The Kier molecular flexibility index (Phi) is 5.95. The highest BCUT2D eigenvalue weighted by Gasteiger charge is 2.06. The zero-order valence-electron chi connectivity index (χ0n) is 13.2. The number of nitrogens with zero attached hydrogens (tertiary/aromatic N) is 2. The molecule has 120 valence electrons. The molecule has 0 aliphatic carbocycles. The normalized spacial score (nSPS) is 12.4. The van der Waals surface area contributed by atoms with Gasteiger partial charge in [-0.1, -0.05) is 25.1 Å². The lowest BCUT2D eigenvalue weighted by atomic mass is 10.1. The van der Waals surface area contributed by atoms with Crippen molar-refractivity contribution >= 4 is 22.9 Å².